The second kappa shape index (κ2) is 5.51. The maximum Gasteiger partial charge on any atom is 0.231 e. The average Bonchev–Trinajstić information content (AvgIpc) is 2.90. The Morgan fingerprint density at radius 3 is 2.67 bits per heavy atom. The summed E-state index contributed by atoms with van der Waals surface area (Å²) >= 11 is 0. The van der Waals surface area contributed by atoms with Gasteiger partial charge in [0.15, 0.2) is 5.82 Å². The van der Waals surface area contributed by atoms with E-state index in [4.69, 9.17) is 4.52 Å². The van der Waals surface area contributed by atoms with Gasteiger partial charge in [0.05, 0.1) is 6.42 Å². The molecule has 0 aliphatic heterocycles. The number of benzene rings is 1. The third kappa shape index (κ3) is 3.26. The zero-order valence-electron chi connectivity index (χ0n) is 12.7. The Kier molecular flexibility index (Phi) is 3.70. The molecule has 21 heavy (non-hydrogen) atoms. The lowest BCUT2D eigenvalue weighted by atomic mass is 9.73. The van der Waals surface area contributed by atoms with Crippen LogP contribution in [0.1, 0.15) is 62.7 Å². The SMILES string of the molecule is CC1(C)CCC(c2noc(Cc3ccccc3O)n2)CC1. The number of phenols is 1. The van der Waals surface area contributed by atoms with Crippen molar-refractivity contribution in [1.29, 1.82) is 0 Å². The molecule has 112 valence electrons. The standard InChI is InChI=1S/C17H22N2O2/c1-17(2)9-7-12(8-10-17)16-18-15(21-19-16)11-13-5-3-4-6-14(13)20/h3-6,12,20H,7-11H2,1-2H3. The van der Waals surface area contributed by atoms with E-state index < -0.39 is 0 Å². The van der Waals surface area contributed by atoms with E-state index in [1.165, 1.54) is 12.8 Å². The van der Waals surface area contributed by atoms with Gasteiger partial charge in [-0.2, -0.15) is 4.98 Å². The van der Waals surface area contributed by atoms with E-state index in [1.54, 1.807) is 6.07 Å². The lowest BCUT2D eigenvalue weighted by molar-refractivity contribution is 0.218. The van der Waals surface area contributed by atoms with Crippen LogP contribution in [-0.4, -0.2) is 15.2 Å². The fourth-order valence-corrected chi connectivity index (χ4v) is 2.99. The van der Waals surface area contributed by atoms with Gasteiger partial charge in [0.1, 0.15) is 5.75 Å². The molecule has 1 heterocycles. The van der Waals surface area contributed by atoms with Crippen molar-refractivity contribution in [1.82, 2.24) is 10.1 Å². The Hall–Kier alpha value is -1.84. The number of phenolic OH excluding ortho intramolecular Hbond substituents is 1. The monoisotopic (exact) mass is 286 g/mol. The van der Waals surface area contributed by atoms with Crippen LogP contribution in [0.4, 0.5) is 0 Å². The van der Waals surface area contributed by atoms with Gasteiger partial charge in [-0.3, -0.25) is 0 Å². The fraction of sp³-hybridized carbons (Fsp3) is 0.529. The number of rotatable bonds is 3. The van der Waals surface area contributed by atoms with Crippen LogP contribution >= 0.6 is 0 Å². The van der Waals surface area contributed by atoms with E-state index in [0.717, 1.165) is 24.2 Å². The summed E-state index contributed by atoms with van der Waals surface area (Å²) in [6.45, 7) is 4.64. The number of hydrogen-bond acceptors (Lipinski definition) is 4. The van der Waals surface area contributed by atoms with E-state index in [-0.39, 0.29) is 5.75 Å². The van der Waals surface area contributed by atoms with Crippen LogP contribution in [0.3, 0.4) is 0 Å². The Bertz CT molecular complexity index is 609. The molecule has 0 saturated heterocycles. The van der Waals surface area contributed by atoms with Crippen molar-refractivity contribution in [2.75, 3.05) is 0 Å². The summed E-state index contributed by atoms with van der Waals surface area (Å²) in [6, 6.07) is 7.26. The van der Waals surface area contributed by atoms with Gasteiger partial charge >= 0.3 is 0 Å². The maximum absolute atomic E-state index is 9.80. The first-order valence-corrected chi connectivity index (χ1v) is 7.63. The van der Waals surface area contributed by atoms with Crippen LogP contribution in [0.5, 0.6) is 5.75 Å². The minimum Gasteiger partial charge on any atom is -0.508 e. The molecule has 0 spiro atoms. The molecule has 1 aliphatic rings. The molecule has 0 amide bonds. The molecular formula is C17H22N2O2. The molecule has 0 atom stereocenters. The third-order valence-electron chi connectivity index (χ3n) is 4.52. The van der Waals surface area contributed by atoms with Gasteiger partial charge in [-0.1, -0.05) is 37.2 Å². The highest BCUT2D eigenvalue weighted by Crippen LogP contribution is 2.41. The van der Waals surface area contributed by atoms with Gasteiger partial charge in [0, 0.05) is 11.5 Å². The van der Waals surface area contributed by atoms with Gasteiger partial charge in [-0.05, 0) is 37.2 Å². The third-order valence-corrected chi connectivity index (χ3v) is 4.52. The molecule has 1 N–H and O–H groups in total. The molecule has 3 rings (SSSR count). The Balaban J connectivity index is 1.68. The van der Waals surface area contributed by atoms with Crippen LogP contribution in [0.2, 0.25) is 0 Å². The molecule has 1 saturated carbocycles. The summed E-state index contributed by atoms with van der Waals surface area (Å²) in [7, 11) is 0. The molecule has 1 aromatic carbocycles. The first kappa shape index (κ1) is 14.1. The van der Waals surface area contributed by atoms with Crippen molar-refractivity contribution in [3.8, 4) is 5.75 Å². The van der Waals surface area contributed by atoms with Crippen molar-refractivity contribution in [2.45, 2.75) is 51.9 Å². The van der Waals surface area contributed by atoms with Crippen molar-refractivity contribution in [3.63, 3.8) is 0 Å². The Morgan fingerprint density at radius 1 is 1.24 bits per heavy atom. The zero-order chi connectivity index (χ0) is 14.9. The largest absolute Gasteiger partial charge is 0.508 e. The number of para-hydroxylation sites is 1. The van der Waals surface area contributed by atoms with Crippen molar-refractivity contribution in [2.24, 2.45) is 5.41 Å². The van der Waals surface area contributed by atoms with Crippen molar-refractivity contribution < 1.29 is 9.63 Å². The smallest absolute Gasteiger partial charge is 0.231 e. The van der Waals surface area contributed by atoms with Crippen LogP contribution in [0.25, 0.3) is 0 Å². The molecule has 4 heteroatoms. The normalized spacial score (nSPS) is 18.8. The Labute approximate surface area is 125 Å². The van der Waals surface area contributed by atoms with Gasteiger partial charge in [0.25, 0.3) is 0 Å². The van der Waals surface area contributed by atoms with E-state index in [9.17, 15) is 5.11 Å². The van der Waals surface area contributed by atoms with Crippen LogP contribution in [-0.2, 0) is 6.42 Å². The van der Waals surface area contributed by atoms with Crippen LogP contribution in [0.15, 0.2) is 28.8 Å². The molecular weight excluding hydrogens is 264 g/mol. The second-order valence-corrected chi connectivity index (χ2v) is 6.79. The van der Waals surface area contributed by atoms with Crippen molar-refractivity contribution in [3.05, 3.63) is 41.5 Å². The fourth-order valence-electron chi connectivity index (χ4n) is 2.99. The molecule has 0 unspecified atom stereocenters. The van der Waals surface area contributed by atoms with E-state index in [0.29, 0.717) is 23.6 Å². The Morgan fingerprint density at radius 2 is 1.95 bits per heavy atom. The van der Waals surface area contributed by atoms with Gasteiger partial charge in [0.2, 0.25) is 5.89 Å². The molecule has 0 bridgehead atoms. The minimum absolute atomic E-state index is 0.275. The van der Waals surface area contributed by atoms with E-state index >= 15 is 0 Å². The molecule has 1 fully saturated rings. The number of aromatic hydroxyl groups is 1. The summed E-state index contributed by atoms with van der Waals surface area (Å²) < 4.78 is 5.36. The summed E-state index contributed by atoms with van der Waals surface area (Å²) in [5, 5.41) is 13.9. The summed E-state index contributed by atoms with van der Waals surface area (Å²) in [5.41, 5.74) is 1.26. The lowest BCUT2D eigenvalue weighted by Gasteiger charge is -2.32. The number of hydrogen-bond donors (Lipinski definition) is 1. The summed E-state index contributed by atoms with van der Waals surface area (Å²) in [6.07, 6.45) is 5.16. The number of aromatic nitrogens is 2. The van der Waals surface area contributed by atoms with E-state index in [2.05, 4.69) is 24.0 Å². The topological polar surface area (TPSA) is 59.2 Å². The highest BCUT2D eigenvalue weighted by molar-refractivity contribution is 5.33. The van der Waals surface area contributed by atoms with Gasteiger partial charge in [-0.15, -0.1) is 0 Å². The van der Waals surface area contributed by atoms with Gasteiger partial charge in [-0.25, -0.2) is 0 Å². The molecule has 2 aromatic rings. The summed E-state index contributed by atoms with van der Waals surface area (Å²) in [4.78, 5) is 4.53. The number of nitrogens with zero attached hydrogens (tertiary/aromatic N) is 2. The van der Waals surface area contributed by atoms with Crippen LogP contribution in [0, 0.1) is 5.41 Å². The molecule has 4 nitrogen and oxygen atoms in total. The predicted octanol–water partition coefficient (Wildman–Crippen LogP) is 4.05. The first-order chi connectivity index (χ1) is 10.0. The highest BCUT2D eigenvalue weighted by Gasteiger charge is 2.30. The maximum atomic E-state index is 9.80. The first-order valence-electron chi connectivity index (χ1n) is 7.63. The second-order valence-electron chi connectivity index (χ2n) is 6.79. The lowest BCUT2D eigenvalue weighted by Crippen LogP contribution is -2.20. The average molecular weight is 286 g/mol. The van der Waals surface area contributed by atoms with Gasteiger partial charge < -0.3 is 9.63 Å². The molecule has 1 aliphatic carbocycles. The van der Waals surface area contributed by atoms with Crippen LogP contribution < -0.4 is 0 Å². The van der Waals surface area contributed by atoms with Crippen molar-refractivity contribution >= 4 is 0 Å². The van der Waals surface area contributed by atoms with E-state index in [1.807, 2.05) is 18.2 Å². The quantitative estimate of drug-likeness (QED) is 0.924. The minimum atomic E-state index is 0.275. The predicted molar refractivity (Wildman–Crippen MR) is 80.2 cm³/mol. The summed E-state index contributed by atoms with van der Waals surface area (Å²) in [5.74, 6) is 2.10. The molecule has 0 radical (unpaired) electrons. The molecule has 1 aromatic heterocycles. The highest BCUT2D eigenvalue weighted by atomic mass is 16.5. The zero-order valence-corrected chi connectivity index (χ0v) is 12.7.